The summed E-state index contributed by atoms with van der Waals surface area (Å²) in [5.41, 5.74) is 7.50. The van der Waals surface area contributed by atoms with Crippen LogP contribution in [0.3, 0.4) is 0 Å². The van der Waals surface area contributed by atoms with Crippen molar-refractivity contribution in [2.75, 3.05) is 19.8 Å². The zero-order valence-corrected chi connectivity index (χ0v) is 11.2. The van der Waals surface area contributed by atoms with Crippen LogP contribution >= 0.6 is 0 Å². The maximum atomic E-state index is 6.00. The number of benzene rings is 1. The highest BCUT2D eigenvalue weighted by Crippen LogP contribution is 2.43. The van der Waals surface area contributed by atoms with Gasteiger partial charge in [-0.25, -0.2) is 0 Å². The molecular formula is C14H19ClNO2-. The molecule has 4 heteroatoms. The molecule has 3 rings (SSSR count). The van der Waals surface area contributed by atoms with E-state index in [1.807, 2.05) is 6.07 Å². The van der Waals surface area contributed by atoms with Crippen molar-refractivity contribution < 1.29 is 21.9 Å². The Balaban J connectivity index is 0.00000120. The van der Waals surface area contributed by atoms with Gasteiger partial charge in [0.15, 0.2) is 11.5 Å². The third-order valence-electron chi connectivity index (χ3n) is 4.11. The quantitative estimate of drug-likeness (QED) is 0.766. The maximum absolute atomic E-state index is 6.00. The number of halogens is 1. The van der Waals surface area contributed by atoms with Gasteiger partial charge in [-0.05, 0) is 30.5 Å². The van der Waals surface area contributed by atoms with Crippen LogP contribution in [0.2, 0.25) is 0 Å². The van der Waals surface area contributed by atoms with Gasteiger partial charge in [0.2, 0.25) is 0 Å². The molecule has 1 aliphatic heterocycles. The standard InChI is InChI=1S/C14H19NO2.ClH/c15-10-14(5-1-2-6-14)11-3-4-12-13(9-11)17-8-7-16-12;/h3-4,9H,1-2,5-8,10,15H2;1H/p-1. The molecule has 18 heavy (non-hydrogen) atoms. The summed E-state index contributed by atoms with van der Waals surface area (Å²) in [7, 11) is 0. The van der Waals surface area contributed by atoms with Gasteiger partial charge in [-0.3, -0.25) is 0 Å². The first-order chi connectivity index (χ1) is 8.34. The number of fused-ring (bicyclic) bond motifs is 1. The first kappa shape index (κ1) is 13.5. The second-order valence-electron chi connectivity index (χ2n) is 5.05. The van der Waals surface area contributed by atoms with E-state index in [4.69, 9.17) is 15.2 Å². The molecule has 0 amide bonds. The summed E-state index contributed by atoms with van der Waals surface area (Å²) in [6.45, 7) is 2.02. The van der Waals surface area contributed by atoms with E-state index in [0.717, 1.165) is 18.0 Å². The minimum Gasteiger partial charge on any atom is -1.00 e. The number of nitrogens with two attached hydrogens (primary N) is 1. The summed E-state index contributed by atoms with van der Waals surface area (Å²) in [6, 6.07) is 6.32. The first-order valence-corrected chi connectivity index (χ1v) is 6.44. The van der Waals surface area contributed by atoms with E-state index in [1.165, 1.54) is 31.2 Å². The van der Waals surface area contributed by atoms with E-state index in [-0.39, 0.29) is 17.8 Å². The molecule has 0 spiro atoms. The highest BCUT2D eigenvalue weighted by Gasteiger charge is 2.35. The van der Waals surface area contributed by atoms with Crippen LogP contribution in [0.25, 0.3) is 0 Å². The van der Waals surface area contributed by atoms with Gasteiger partial charge in [0, 0.05) is 12.0 Å². The number of hydrogen-bond acceptors (Lipinski definition) is 3. The zero-order valence-electron chi connectivity index (χ0n) is 10.5. The molecule has 1 saturated carbocycles. The van der Waals surface area contributed by atoms with Crippen molar-refractivity contribution in [3.8, 4) is 11.5 Å². The Morgan fingerprint density at radius 1 is 1.06 bits per heavy atom. The minimum absolute atomic E-state index is 0. The molecule has 0 bridgehead atoms. The molecule has 100 valence electrons. The third kappa shape index (κ3) is 2.17. The summed E-state index contributed by atoms with van der Waals surface area (Å²) >= 11 is 0. The lowest BCUT2D eigenvalue weighted by Crippen LogP contribution is -3.00. The molecule has 0 aromatic heterocycles. The highest BCUT2D eigenvalue weighted by molar-refractivity contribution is 5.46. The molecule has 1 aromatic rings. The first-order valence-electron chi connectivity index (χ1n) is 6.44. The van der Waals surface area contributed by atoms with Crippen molar-refractivity contribution in [2.45, 2.75) is 31.1 Å². The SMILES string of the molecule is NCC1(c2ccc3c(c2)OCCO3)CCCC1.[Cl-]. The summed E-state index contributed by atoms with van der Waals surface area (Å²) in [4.78, 5) is 0. The lowest BCUT2D eigenvalue weighted by atomic mass is 9.79. The number of hydrogen-bond donors (Lipinski definition) is 1. The van der Waals surface area contributed by atoms with Crippen LogP contribution in [0.5, 0.6) is 11.5 Å². The van der Waals surface area contributed by atoms with Crippen LogP contribution in [0.1, 0.15) is 31.2 Å². The highest BCUT2D eigenvalue weighted by atomic mass is 35.5. The minimum atomic E-state index is 0. The Labute approximate surface area is 114 Å². The van der Waals surface area contributed by atoms with Gasteiger partial charge in [0.05, 0.1) is 0 Å². The van der Waals surface area contributed by atoms with Crippen LogP contribution in [0.4, 0.5) is 0 Å². The third-order valence-corrected chi connectivity index (χ3v) is 4.11. The smallest absolute Gasteiger partial charge is 0.161 e. The van der Waals surface area contributed by atoms with Gasteiger partial charge in [-0.2, -0.15) is 0 Å². The van der Waals surface area contributed by atoms with E-state index in [2.05, 4.69) is 12.1 Å². The molecule has 0 unspecified atom stereocenters. The lowest BCUT2D eigenvalue weighted by Gasteiger charge is -2.29. The Hall–Kier alpha value is -0.930. The molecule has 0 saturated heterocycles. The van der Waals surface area contributed by atoms with Gasteiger partial charge in [0.1, 0.15) is 13.2 Å². The van der Waals surface area contributed by atoms with Crippen molar-refractivity contribution in [2.24, 2.45) is 5.73 Å². The number of rotatable bonds is 2. The summed E-state index contributed by atoms with van der Waals surface area (Å²) in [5.74, 6) is 1.75. The van der Waals surface area contributed by atoms with Crippen molar-refractivity contribution >= 4 is 0 Å². The predicted octanol–water partition coefficient (Wildman–Crippen LogP) is -0.768. The topological polar surface area (TPSA) is 44.5 Å². The van der Waals surface area contributed by atoms with Crippen molar-refractivity contribution in [1.82, 2.24) is 0 Å². The molecule has 0 radical (unpaired) electrons. The van der Waals surface area contributed by atoms with Gasteiger partial charge >= 0.3 is 0 Å². The fourth-order valence-electron chi connectivity index (χ4n) is 3.04. The molecule has 1 aliphatic carbocycles. The largest absolute Gasteiger partial charge is 1.00 e. The van der Waals surface area contributed by atoms with E-state index in [9.17, 15) is 0 Å². The molecule has 1 fully saturated rings. The Bertz CT molecular complexity index is 416. The van der Waals surface area contributed by atoms with E-state index in [1.54, 1.807) is 0 Å². The maximum Gasteiger partial charge on any atom is 0.161 e. The van der Waals surface area contributed by atoms with Crippen LogP contribution in [0.15, 0.2) is 18.2 Å². The zero-order chi connectivity index (χ0) is 11.7. The monoisotopic (exact) mass is 268 g/mol. The van der Waals surface area contributed by atoms with Crippen molar-refractivity contribution in [3.05, 3.63) is 23.8 Å². The average Bonchev–Trinajstić information content (AvgIpc) is 2.88. The van der Waals surface area contributed by atoms with E-state index in [0.29, 0.717) is 13.2 Å². The normalized spacial score (nSPS) is 20.3. The number of ether oxygens (including phenoxy) is 2. The van der Waals surface area contributed by atoms with Crippen molar-refractivity contribution in [3.63, 3.8) is 0 Å². The molecule has 2 aliphatic rings. The molecule has 0 atom stereocenters. The van der Waals surface area contributed by atoms with Gasteiger partial charge in [0.25, 0.3) is 0 Å². The fourth-order valence-corrected chi connectivity index (χ4v) is 3.04. The Morgan fingerprint density at radius 2 is 1.72 bits per heavy atom. The second kappa shape index (κ2) is 5.37. The summed E-state index contributed by atoms with van der Waals surface area (Å²) in [5, 5.41) is 0. The second-order valence-corrected chi connectivity index (χ2v) is 5.05. The van der Waals surface area contributed by atoms with Gasteiger partial charge in [-0.15, -0.1) is 0 Å². The van der Waals surface area contributed by atoms with E-state index < -0.39 is 0 Å². The molecule has 1 heterocycles. The van der Waals surface area contributed by atoms with Crippen LogP contribution in [-0.2, 0) is 5.41 Å². The van der Waals surface area contributed by atoms with Crippen LogP contribution in [-0.4, -0.2) is 19.8 Å². The summed E-state index contributed by atoms with van der Waals surface area (Å²) < 4.78 is 11.2. The molecule has 2 N–H and O–H groups in total. The fraction of sp³-hybridized carbons (Fsp3) is 0.571. The van der Waals surface area contributed by atoms with Crippen LogP contribution in [0, 0.1) is 0 Å². The molecule has 3 nitrogen and oxygen atoms in total. The molecular weight excluding hydrogens is 250 g/mol. The molecule has 1 aromatic carbocycles. The summed E-state index contributed by atoms with van der Waals surface area (Å²) in [6.07, 6.45) is 4.96. The van der Waals surface area contributed by atoms with Gasteiger partial charge < -0.3 is 27.6 Å². The Morgan fingerprint density at radius 3 is 2.39 bits per heavy atom. The van der Waals surface area contributed by atoms with Crippen LogP contribution < -0.4 is 27.6 Å². The lowest BCUT2D eigenvalue weighted by molar-refractivity contribution is -0.00000419. The van der Waals surface area contributed by atoms with E-state index >= 15 is 0 Å². The van der Waals surface area contributed by atoms with Gasteiger partial charge in [-0.1, -0.05) is 18.9 Å². The Kier molecular flexibility index (Phi) is 4.03. The average molecular weight is 269 g/mol. The van der Waals surface area contributed by atoms with Crippen molar-refractivity contribution in [1.29, 1.82) is 0 Å². The predicted molar refractivity (Wildman–Crippen MR) is 66.6 cm³/mol.